The molecule has 1 aliphatic rings. The molecule has 3 aromatic rings. The van der Waals surface area contributed by atoms with E-state index in [0.717, 1.165) is 37.4 Å². The van der Waals surface area contributed by atoms with Gasteiger partial charge in [-0.2, -0.15) is 23.5 Å². The lowest BCUT2D eigenvalue weighted by Crippen LogP contribution is -2.40. The van der Waals surface area contributed by atoms with E-state index in [4.69, 9.17) is 15.2 Å². The van der Waals surface area contributed by atoms with Gasteiger partial charge in [0.1, 0.15) is 17.2 Å². The molecule has 0 saturated carbocycles. The zero-order valence-electron chi connectivity index (χ0n) is 20.4. The fourth-order valence-electron chi connectivity index (χ4n) is 4.21. The molecule has 1 unspecified atom stereocenters. The topological polar surface area (TPSA) is 123 Å². The van der Waals surface area contributed by atoms with Crippen molar-refractivity contribution < 1.29 is 36.6 Å². The van der Waals surface area contributed by atoms with E-state index >= 15 is 4.39 Å². The Hall–Kier alpha value is -5.12. The lowest BCUT2D eigenvalue weighted by molar-refractivity contribution is -0.141. The number of aromatic nitrogens is 2. The van der Waals surface area contributed by atoms with Crippen molar-refractivity contribution in [1.29, 1.82) is 5.26 Å². The van der Waals surface area contributed by atoms with Crippen molar-refractivity contribution in [2.45, 2.75) is 12.1 Å². The summed E-state index contributed by atoms with van der Waals surface area (Å²) in [7, 11) is 2.14. The minimum absolute atomic E-state index is 0.127. The molecule has 0 radical (unpaired) electrons. The number of nitrogens with zero attached hydrogens (tertiary/aromatic N) is 4. The van der Waals surface area contributed by atoms with Crippen molar-refractivity contribution in [3.63, 3.8) is 0 Å². The van der Waals surface area contributed by atoms with E-state index in [1.54, 1.807) is 30.3 Å². The van der Waals surface area contributed by atoms with Crippen molar-refractivity contribution in [1.82, 2.24) is 9.78 Å². The van der Waals surface area contributed by atoms with Crippen LogP contribution in [0.15, 0.2) is 83.5 Å². The molecule has 200 valence electrons. The minimum Gasteiger partial charge on any atom is -0.466 e. The van der Waals surface area contributed by atoms with Gasteiger partial charge in [-0.3, -0.25) is 4.90 Å². The molecule has 0 bridgehead atoms. The van der Waals surface area contributed by atoms with Crippen LogP contribution in [0, 0.1) is 17.1 Å². The summed E-state index contributed by atoms with van der Waals surface area (Å²) in [5, 5.41) is 13.4. The van der Waals surface area contributed by atoms with Crippen LogP contribution in [-0.4, -0.2) is 35.9 Å². The maximum Gasteiger partial charge on any atom is 0.435 e. The second kappa shape index (κ2) is 10.3. The van der Waals surface area contributed by atoms with Crippen LogP contribution in [0.1, 0.15) is 17.2 Å². The Kier molecular flexibility index (Phi) is 7.13. The molecule has 2 N–H and O–H groups in total. The number of carbonyl (C=O) groups is 2. The average Bonchev–Trinajstić information content (AvgIpc) is 3.42. The molecule has 0 spiro atoms. The molecule has 9 nitrogen and oxygen atoms in total. The van der Waals surface area contributed by atoms with Gasteiger partial charge >= 0.3 is 18.1 Å². The second-order valence-electron chi connectivity index (χ2n) is 8.11. The van der Waals surface area contributed by atoms with Crippen LogP contribution in [0.5, 0.6) is 0 Å². The smallest absolute Gasteiger partial charge is 0.435 e. The highest BCUT2D eigenvalue weighted by Gasteiger charge is 2.43. The molecule has 2 heterocycles. The van der Waals surface area contributed by atoms with Gasteiger partial charge in [0.25, 0.3) is 0 Å². The third-order valence-electron chi connectivity index (χ3n) is 5.93. The van der Waals surface area contributed by atoms with E-state index < -0.39 is 41.2 Å². The maximum atomic E-state index is 15.3. The Balaban J connectivity index is 1.94. The van der Waals surface area contributed by atoms with E-state index in [1.807, 2.05) is 6.07 Å². The zero-order chi connectivity index (χ0) is 28.5. The highest BCUT2D eigenvalue weighted by Crippen LogP contribution is 2.43. The predicted octanol–water partition coefficient (Wildman–Crippen LogP) is 3.93. The van der Waals surface area contributed by atoms with Gasteiger partial charge in [0.2, 0.25) is 0 Å². The fourth-order valence-corrected chi connectivity index (χ4v) is 4.21. The average molecular weight is 541 g/mol. The number of alkyl halides is 3. The summed E-state index contributed by atoms with van der Waals surface area (Å²) < 4.78 is 64.7. The molecule has 0 amide bonds. The number of hydrogen-bond donors (Lipinski definition) is 1. The number of rotatable bonds is 5. The first-order valence-corrected chi connectivity index (χ1v) is 11.1. The Bertz CT molecular complexity index is 1550. The monoisotopic (exact) mass is 541 g/mol. The number of anilines is 1. The summed E-state index contributed by atoms with van der Waals surface area (Å²) in [6.45, 7) is 0. The number of hydrogen-bond acceptors (Lipinski definition) is 8. The SMILES string of the molecule is COC(=O)C1=C(C(=O)OC)N(c2ccc(-n3ccc(C(F)(F)F)n3)c(F)c2)C(N)=C(C#N)C1c1ccccc1. The van der Waals surface area contributed by atoms with Gasteiger partial charge in [-0.05, 0) is 23.8 Å². The van der Waals surface area contributed by atoms with E-state index in [0.29, 0.717) is 16.3 Å². The van der Waals surface area contributed by atoms with Crippen molar-refractivity contribution in [2.75, 3.05) is 19.1 Å². The number of methoxy groups -OCH3 is 2. The molecule has 1 aliphatic heterocycles. The zero-order valence-corrected chi connectivity index (χ0v) is 20.4. The summed E-state index contributed by atoms with van der Waals surface area (Å²) in [6.07, 6.45) is -3.80. The summed E-state index contributed by atoms with van der Waals surface area (Å²) in [5.41, 5.74) is 4.26. The number of benzene rings is 2. The molecular weight excluding hydrogens is 522 g/mol. The number of carbonyl (C=O) groups excluding carboxylic acids is 2. The lowest BCUT2D eigenvalue weighted by atomic mass is 9.81. The van der Waals surface area contributed by atoms with Crippen LogP contribution in [-0.2, 0) is 25.2 Å². The number of esters is 2. The molecule has 0 fully saturated rings. The second-order valence-corrected chi connectivity index (χ2v) is 8.11. The third kappa shape index (κ3) is 4.79. The molecule has 1 atom stereocenters. The van der Waals surface area contributed by atoms with Gasteiger partial charge in [0.05, 0.1) is 43.0 Å². The van der Waals surface area contributed by atoms with Crippen LogP contribution >= 0.6 is 0 Å². The Morgan fingerprint density at radius 1 is 1.05 bits per heavy atom. The first-order valence-electron chi connectivity index (χ1n) is 11.1. The molecule has 0 aliphatic carbocycles. The molecule has 13 heteroatoms. The van der Waals surface area contributed by atoms with Crippen LogP contribution < -0.4 is 10.6 Å². The van der Waals surface area contributed by atoms with E-state index in [2.05, 4.69) is 5.10 Å². The van der Waals surface area contributed by atoms with Gasteiger partial charge in [-0.15, -0.1) is 0 Å². The molecule has 1 aromatic heterocycles. The maximum absolute atomic E-state index is 15.3. The Morgan fingerprint density at radius 3 is 2.26 bits per heavy atom. The van der Waals surface area contributed by atoms with Gasteiger partial charge in [-0.1, -0.05) is 30.3 Å². The van der Waals surface area contributed by atoms with Crippen molar-refractivity contribution in [3.8, 4) is 11.8 Å². The molecule has 0 saturated heterocycles. The molecule has 39 heavy (non-hydrogen) atoms. The van der Waals surface area contributed by atoms with Gasteiger partial charge in [0, 0.05) is 12.3 Å². The first-order chi connectivity index (χ1) is 18.5. The minimum atomic E-state index is -4.73. The first kappa shape index (κ1) is 26.9. The highest BCUT2D eigenvalue weighted by molar-refractivity contribution is 6.06. The molecule has 2 aromatic carbocycles. The molecule has 4 rings (SSSR count). The van der Waals surface area contributed by atoms with Crippen LogP contribution in [0.2, 0.25) is 0 Å². The number of halogens is 4. The largest absolute Gasteiger partial charge is 0.466 e. The third-order valence-corrected chi connectivity index (χ3v) is 5.93. The quantitative estimate of drug-likeness (QED) is 0.381. The Labute approximate surface area is 218 Å². The number of allylic oxidation sites excluding steroid dienone is 1. The van der Waals surface area contributed by atoms with Crippen LogP contribution in [0.25, 0.3) is 5.69 Å². The number of nitrogens with two attached hydrogens (primary N) is 1. The fraction of sp³-hybridized carbons (Fsp3) is 0.154. The summed E-state index contributed by atoms with van der Waals surface area (Å²) in [5.74, 6) is -4.47. The van der Waals surface area contributed by atoms with E-state index in [9.17, 15) is 28.0 Å². The molecular formula is C26H19F4N5O4. The van der Waals surface area contributed by atoms with Gasteiger partial charge in [-0.25, -0.2) is 18.7 Å². The Morgan fingerprint density at radius 2 is 1.72 bits per heavy atom. The summed E-state index contributed by atoms with van der Waals surface area (Å²) in [6, 6.07) is 14.1. The number of nitriles is 1. The number of ether oxygens (including phenoxy) is 2. The van der Waals surface area contributed by atoms with Crippen molar-refractivity contribution in [3.05, 3.63) is 101 Å². The lowest BCUT2D eigenvalue weighted by Gasteiger charge is -2.36. The highest BCUT2D eigenvalue weighted by atomic mass is 19.4. The van der Waals surface area contributed by atoms with Crippen molar-refractivity contribution >= 4 is 17.6 Å². The van der Waals surface area contributed by atoms with Crippen LogP contribution in [0.4, 0.5) is 23.2 Å². The van der Waals surface area contributed by atoms with E-state index in [1.165, 1.54) is 6.07 Å². The standard InChI is InChI=1S/C26H19F4N5O4/c1-38-24(36)21-20(14-6-4-3-5-7-14)16(13-31)23(32)35(22(21)25(37)39-2)15-8-9-18(17(27)12-15)34-11-10-19(33-34)26(28,29)30/h3-12,20H,32H2,1-2H3. The van der Waals surface area contributed by atoms with Gasteiger partial charge in [0.15, 0.2) is 11.5 Å². The normalized spacial score (nSPS) is 15.7. The summed E-state index contributed by atoms with van der Waals surface area (Å²) in [4.78, 5) is 27.1. The predicted molar refractivity (Wildman–Crippen MR) is 128 cm³/mol. The van der Waals surface area contributed by atoms with E-state index in [-0.39, 0.29) is 28.3 Å². The van der Waals surface area contributed by atoms with Gasteiger partial charge < -0.3 is 15.2 Å². The van der Waals surface area contributed by atoms with Crippen LogP contribution in [0.3, 0.4) is 0 Å². The van der Waals surface area contributed by atoms with Crippen molar-refractivity contribution in [2.24, 2.45) is 5.73 Å². The summed E-state index contributed by atoms with van der Waals surface area (Å²) >= 11 is 0.